The summed E-state index contributed by atoms with van der Waals surface area (Å²) in [6.45, 7) is -1.22. The summed E-state index contributed by atoms with van der Waals surface area (Å²) in [5.41, 5.74) is 0. The molecule has 1 heterocycles. The van der Waals surface area contributed by atoms with Crippen LogP contribution in [0, 0.1) is 0 Å². The molecule has 1 aromatic carbocycles. The summed E-state index contributed by atoms with van der Waals surface area (Å²) in [5.74, 6) is -1.58. The lowest BCUT2D eigenvalue weighted by Crippen LogP contribution is -2.51. The van der Waals surface area contributed by atoms with Gasteiger partial charge in [0.05, 0.1) is 6.61 Å². The second-order valence-electron chi connectivity index (χ2n) is 4.34. The van der Waals surface area contributed by atoms with E-state index < -0.39 is 37.3 Å². The highest BCUT2D eigenvalue weighted by molar-refractivity contribution is 5.30. The number of hydrogen-bond acceptors (Lipinski definition) is 7. The van der Waals surface area contributed by atoms with Gasteiger partial charge in [-0.15, -0.1) is 0 Å². The first kappa shape index (κ1) is 14.0. The average molecular weight is 272 g/mol. The van der Waals surface area contributed by atoms with E-state index in [1.54, 1.807) is 0 Å². The Balaban J connectivity index is 2.21. The summed E-state index contributed by atoms with van der Waals surface area (Å²) in [5, 5.41) is 47.1. The Morgan fingerprint density at radius 2 is 1.79 bits per heavy atom. The summed E-state index contributed by atoms with van der Waals surface area (Å²) in [7, 11) is 0. The van der Waals surface area contributed by atoms with Gasteiger partial charge < -0.3 is 35.0 Å². The third kappa shape index (κ3) is 2.51. The van der Waals surface area contributed by atoms with Crippen molar-refractivity contribution >= 4 is 0 Å². The summed E-state index contributed by atoms with van der Waals surface area (Å²) >= 11 is 0. The molecule has 0 saturated carbocycles. The van der Waals surface area contributed by atoms with Gasteiger partial charge in [0.15, 0.2) is 0 Å². The molecule has 7 nitrogen and oxygen atoms in total. The fourth-order valence-corrected chi connectivity index (χ4v) is 1.97. The first-order chi connectivity index (χ1) is 9.02. The van der Waals surface area contributed by atoms with E-state index in [1.165, 1.54) is 24.3 Å². The van der Waals surface area contributed by atoms with E-state index in [4.69, 9.17) is 19.7 Å². The minimum Gasteiger partial charge on any atom is -0.508 e. The zero-order chi connectivity index (χ0) is 14.0. The van der Waals surface area contributed by atoms with Gasteiger partial charge in [-0.05, 0) is 24.3 Å². The molecule has 0 aliphatic carbocycles. The summed E-state index contributed by atoms with van der Waals surface area (Å²) < 4.78 is 10.6. The number of aromatic hydroxyl groups is 1. The maximum absolute atomic E-state index is 9.90. The minimum atomic E-state index is -1.84. The topological polar surface area (TPSA) is 120 Å². The van der Waals surface area contributed by atoms with Crippen molar-refractivity contribution in [3.05, 3.63) is 24.3 Å². The van der Waals surface area contributed by atoms with E-state index in [1.807, 2.05) is 0 Å². The number of aliphatic hydroxyl groups excluding tert-OH is 4. The van der Waals surface area contributed by atoms with Gasteiger partial charge >= 0.3 is 0 Å². The number of rotatable bonds is 4. The number of hydrogen-bond donors (Lipinski definition) is 5. The first-order valence-corrected chi connectivity index (χ1v) is 5.76. The normalized spacial score (nSPS) is 34.4. The van der Waals surface area contributed by atoms with Crippen LogP contribution in [-0.4, -0.2) is 62.8 Å². The molecule has 0 spiro atoms. The highest BCUT2D eigenvalue weighted by atomic mass is 16.7. The molecule has 0 aromatic heterocycles. The van der Waals surface area contributed by atoms with E-state index in [0.29, 0.717) is 0 Å². The smallest absolute Gasteiger partial charge is 0.263 e. The monoisotopic (exact) mass is 272 g/mol. The fraction of sp³-hybridized carbons (Fsp3) is 0.500. The van der Waals surface area contributed by atoms with Crippen LogP contribution in [0.5, 0.6) is 11.5 Å². The Hall–Kier alpha value is -1.38. The molecule has 1 aliphatic heterocycles. The van der Waals surface area contributed by atoms with Crippen molar-refractivity contribution in [3.8, 4) is 11.5 Å². The van der Waals surface area contributed by atoms with Crippen molar-refractivity contribution in [2.45, 2.75) is 24.1 Å². The number of aliphatic hydroxyl groups is 4. The maximum Gasteiger partial charge on any atom is 0.263 e. The average Bonchev–Trinajstić information content (AvgIpc) is 2.67. The van der Waals surface area contributed by atoms with Crippen LogP contribution in [-0.2, 0) is 4.74 Å². The van der Waals surface area contributed by atoms with Crippen LogP contribution in [0.2, 0.25) is 0 Å². The van der Waals surface area contributed by atoms with Crippen LogP contribution in [0.15, 0.2) is 24.3 Å². The van der Waals surface area contributed by atoms with E-state index in [2.05, 4.69) is 0 Å². The maximum atomic E-state index is 9.90. The minimum absolute atomic E-state index is 0.0338. The van der Waals surface area contributed by atoms with Crippen molar-refractivity contribution < 1.29 is 35.0 Å². The van der Waals surface area contributed by atoms with E-state index in [0.717, 1.165) is 0 Å². The molecular weight excluding hydrogens is 256 g/mol. The molecule has 0 radical (unpaired) electrons. The molecule has 0 bridgehead atoms. The van der Waals surface area contributed by atoms with E-state index in [9.17, 15) is 15.3 Å². The number of phenolic OH excluding ortho intramolecular Hbond substituents is 1. The SMILES string of the molecule is OCC1O[C@@](CO)(Oc2ccc(O)cc2)C(O)C1O. The van der Waals surface area contributed by atoms with Crippen molar-refractivity contribution in [2.75, 3.05) is 13.2 Å². The molecule has 1 aromatic rings. The molecule has 4 atom stereocenters. The summed E-state index contributed by atoms with van der Waals surface area (Å²) in [6, 6.07) is 5.56. The molecule has 3 unspecified atom stereocenters. The molecule has 1 aliphatic rings. The third-order valence-electron chi connectivity index (χ3n) is 3.03. The Kier molecular flexibility index (Phi) is 3.93. The van der Waals surface area contributed by atoms with Gasteiger partial charge in [-0.25, -0.2) is 0 Å². The van der Waals surface area contributed by atoms with Crippen LogP contribution in [0.1, 0.15) is 0 Å². The molecule has 2 rings (SSSR count). The Bertz CT molecular complexity index is 421. The van der Waals surface area contributed by atoms with Crippen LogP contribution in [0.25, 0.3) is 0 Å². The molecule has 1 fully saturated rings. The third-order valence-corrected chi connectivity index (χ3v) is 3.03. The Morgan fingerprint density at radius 1 is 1.16 bits per heavy atom. The first-order valence-electron chi connectivity index (χ1n) is 5.76. The lowest BCUT2D eigenvalue weighted by Gasteiger charge is -2.30. The summed E-state index contributed by atoms with van der Waals surface area (Å²) in [6.07, 6.45) is -3.92. The highest BCUT2D eigenvalue weighted by Gasteiger charge is 2.56. The Labute approximate surface area is 109 Å². The van der Waals surface area contributed by atoms with Gasteiger partial charge in [-0.2, -0.15) is 0 Å². The number of benzene rings is 1. The Morgan fingerprint density at radius 3 is 2.26 bits per heavy atom. The molecule has 5 N–H and O–H groups in total. The molecule has 1 saturated heterocycles. The fourth-order valence-electron chi connectivity index (χ4n) is 1.97. The predicted molar refractivity (Wildman–Crippen MR) is 62.5 cm³/mol. The van der Waals surface area contributed by atoms with Gasteiger partial charge in [-0.3, -0.25) is 0 Å². The quantitative estimate of drug-likeness (QED) is 0.456. The summed E-state index contributed by atoms with van der Waals surface area (Å²) in [4.78, 5) is 0. The molecular formula is C12H16O7. The second kappa shape index (κ2) is 5.32. The van der Waals surface area contributed by atoms with Crippen molar-refractivity contribution in [1.29, 1.82) is 0 Å². The molecule has 19 heavy (non-hydrogen) atoms. The van der Waals surface area contributed by atoms with E-state index >= 15 is 0 Å². The molecule has 7 heteroatoms. The lowest BCUT2D eigenvalue weighted by atomic mass is 10.1. The van der Waals surface area contributed by atoms with Crippen molar-refractivity contribution in [3.63, 3.8) is 0 Å². The van der Waals surface area contributed by atoms with Crippen LogP contribution < -0.4 is 4.74 Å². The van der Waals surface area contributed by atoms with Gasteiger partial charge in [-0.1, -0.05) is 0 Å². The standard InChI is InChI=1S/C12H16O7/c13-5-9-10(16)11(17)12(6-14,19-9)18-8-3-1-7(15)2-4-8/h1-4,9-11,13-17H,5-6H2/t9?,10?,11?,12-/m1/s1. The number of ether oxygens (including phenoxy) is 2. The van der Waals surface area contributed by atoms with Crippen molar-refractivity contribution in [2.24, 2.45) is 0 Å². The predicted octanol–water partition coefficient (Wildman–Crippen LogP) is -1.43. The van der Waals surface area contributed by atoms with Crippen LogP contribution in [0.3, 0.4) is 0 Å². The van der Waals surface area contributed by atoms with Crippen molar-refractivity contribution in [1.82, 2.24) is 0 Å². The van der Waals surface area contributed by atoms with Gasteiger partial charge in [0.2, 0.25) is 0 Å². The van der Waals surface area contributed by atoms with E-state index in [-0.39, 0.29) is 11.5 Å². The van der Waals surface area contributed by atoms with Crippen LogP contribution >= 0.6 is 0 Å². The van der Waals surface area contributed by atoms with Gasteiger partial charge in [0.1, 0.15) is 36.4 Å². The molecule has 106 valence electrons. The lowest BCUT2D eigenvalue weighted by molar-refractivity contribution is -0.230. The number of phenols is 1. The highest BCUT2D eigenvalue weighted by Crippen LogP contribution is 2.33. The second-order valence-corrected chi connectivity index (χ2v) is 4.34. The van der Waals surface area contributed by atoms with Gasteiger partial charge in [0, 0.05) is 0 Å². The van der Waals surface area contributed by atoms with Gasteiger partial charge in [0.25, 0.3) is 5.79 Å². The van der Waals surface area contributed by atoms with Crippen LogP contribution in [0.4, 0.5) is 0 Å². The zero-order valence-corrected chi connectivity index (χ0v) is 10.0. The largest absolute Gasteiger partial charge is 0.508 e. The zero-order valence-electron chi connectivity index (χ0n) is 10.0. The molecule has 0 amide bonds.